The van der Waals surface area contributed by atoms with Gasteiger partial charge in [0.15, 0.2) is 4.96 Å². The number of rotatable bonds is 5. The third kappa shape index (κ3) is 2.40. The van der Waals surface area contributed by atoms with Crippen LogP contribution >= 0.6 is 23.1 Å². The normalized spacial score (nSPS) is 26.6. The molecule has 2 fully saturated rings. The predicted octanol–water partition coefficient (Wildman–Crippen LogP) is 3.65. The van der Waals surface area contributed by atoms with Gasteiger partial charge in [0, 0.05) is 35.3 Å². The zero-order valence-electron chi connectivity index (χ0n) is 11.8. The number of nitrogens with one attached hydrogen (secondary N) is 1. The number of aromatic nitrogens is 2. The van der Waals surface area contributed by atoms with E-state index in [0.717, 1.165) is 22.7 Å². The summed E-state index contributed by atoms with van der Waals surface area (Å²) in [6.45, 7) is 0.982. The van der Waals surface area contributed by atoms with Gasteiger partial charge in [-0.15, -0.1) is 11.3 Å². The quantitative estimate of drug-likeness (QED) is 0.914. The van der Waals surface area contributed by atoms with Crippen LogP contribution in [0.1, 0.15) is 49.4 Å². The maximum absolute atomic E-state index is 4.85. The molecule has 2 aliphatic rings. The van der Waals surface area contributed by atoms with E-state index in [0.29, 0.717) is 6.04 Å². The molecule has 0 bridgehead atoms. The Balaban J connectivity index is 1.50. The van der Waals surface area contributed by atoms with Crippen LogP contribution in [0.5, 0.6) is 0 Å². The summed E-state index contributed by atoms with van der Waals surface area (Å²) in [6.07, 6.45) is 11.1. The van der Waals surface area contributed by atoms with Crippen molar-refractivity contribution in [1.82, 2.24) is 14.7 Å². The van der Waals surface area contributed by atoms with Gasteiger partial charge in [-0.3, -0.25) is 4.40 Å². The van der Waals surface area contributed by atoms with E-state index in [1.165, 1.54) is 43.5 Å². The lowest BCUT2D eigenvalue weighted by Crippen LogP contribution is -2.27. The second-order valence-corrected chi connectivity index (χ2v) is 8.03. The second kappa shape index (κ2) is 5.35. The Morgan fingerprint density at radius 3 is 3.05 bits per heavy atom. The summed E-state index contributed by atoms with van der Waals surface area (Å²) >= 11 is 3.78. The van der Waals surface area contributed by atoms with E-state index in [1.54, 1.807) is 11.3 Å². The molecule has 108 valence electrons. The molecule has 4 rings (SSSR count). The van der Waals surface area contributed by atoms with Gasteiger partial charge in [-0.05, 0) is 38.4 Å². The molecule has 5 heteroatoms. The Labute approximate surface area is 128 Å². The minimum atomic E-state index is 0.698. The Morgan fingerprint density at radius 1 is 1.40 bits per heavy atom. The lowest BCUT2D eigenvalue weighted by atomic mass is 10.2. The van der Waals surface area contributed by atoms with Crippen molar-refractivity contribution in [1.29, 1.82) is 0 Å². The van der Waals surface area contributed by atoms with Gasteiger partial charge >= 0.3 is 0 Å². The summed E-state index contributed by atoms with van der Waals surface area (Å²) in [5.41, 5.74) is 2.78. The molecule has 3 nitrogen and oxygen atoms in total. The molecule has 0 aromatic carbocycles. The first-order valence-electron chi connectivity index (χ1n) is 7.55. The number of hydrogen-bond donors (Lipinski definition) is 1. The van der Waals surface area contributed by atoms with Crippen molar-refractivity contribution in [3.63, 3.8) is 0 Å². The second-order valence-electron chi connectivity index (χ2n) is 6.02. The fourth-order valence-corrected chi connectivity index (χ4v) is 4.83. The van der Waals surface area contributed by atoms with Crippen molar-refractivity contribution >= 4 is 28.1 Å². The fourth-order valence-electron chi connectivity index (χ4n) is 3.29. The first-order valence-corrected chi connectivity index (χ1v) is 9.72. The Hall–Kier alpha value is -0.520. The fraction of sp³-hybridized carbons (Fsp3) is 0.667. The number of hydrogen-bond acceptors (Lipinski definition) is 4. The van der Waals surface area contributed by atoms with Gasteiger partial charge in [0.25, 0.3) is 0 Å². The number of thioether (sulfide) groups is 1. The molecule has 0 saturated heterocycles. The van der Waals surface area contributed by atoms with Gasteiger partial charge in [-0.1, -0.05) is 0 Å². The highest BCUT2D eigenvalue weighted by molar-refractivity contribution is 7.99. The molecule has 0 aliphatic heterocycles. The summed E-state index contributed by atoms with van der Waals surface area (Å²) in [5.74, 6) is 0.737. The lowest BCUT2D eigenvalue weighted by Gasteiger charge is -2.13. The molecule has 0 unspecified atom stereocenters. The Bertz CT molecular complexity index is 599. The first-order chi connectivity index (χ1) is 9.85. The van der Waals surface area contributed by atoms with Crippen LogP contribution in [0.2, 0.25) is 0 Å². The molecule has 2 aromatic rings. The maximum Gasteiger partial charge on any atom is 0.194 e. The lowest BCUT2D eigenvalue weighted by molar-refractivity contribution is 0.517. The Kier molecular flexibility index (Phi) is 3.52. The topological polar surface area (TPSA) is 29.3 Å². The molecule has 2 aromatic heterocycles. The standard InChI is InChI=1S/C15H21N3S2/c1-19-12-5-4-11(8-12)16-9-13-14(10-2-3-10)17-15-18(13)6-7-20-15/h6-7,10-12,16H,2-5,8-9H2,1H3/t11-,12-/m0/s1. The van der Waals surface area contributed by atoms with Crippen molar-refractivity contribution in [2.45, 2.75) is 55.9 Å². The molecule has 0 amide bonds. The molecule has 1 N–H and O–H groups in total. The van der Waals surface area contributed by atoms with Crippen LogP contribution < -0.4 is 5.32 Å². The minimum Gasteiger partial charge on any atom is -0.308 e. The van der Waals surface area contributed by atoms with Gasteiger partial charge < -0.3 is 5.32 Å². The van der Waals surface area contributed by atoms with Gasteiger partial charge in [0.1, 0.15) is 0 Å². The van der Waals surface area contributed by atoms with Crippen molar-refractivity contribution in [3.05, 3.63) is 23.0 Å². The van der Waals surface area contributed by atoms with E-state index in [4.69, 9.17) is 4.98 Å². The number of nitrogens with zero attached hydrogens (tertiary/aromatic N) is 2. The van der Waals surface area contributed by atoms with Crippen molar-refractivity contribution in [3.8, 4) is 0 Å². The van der Waals surface area contributed by atoms with E-state index >= 15 is 0 Å². The van der Waals surface area contributed by atoms with Gasteiger partial charge in [0.05, 0.1) is 11.4 Å². The highest BCUT2D eigenvalue weighted by Crippen LogP contribution is 2.42. The van der Waals surface area contributed by atoms with Crippen LogP contribution in [-0.4, -0.2) is 26.9 Å². The predicted molar refractivity (Wildman–Crippen MR) is 86.8 cm³/mol. The van der Waals surface area contributed by atoms with E-state index in [2.05, 4.69) is 27.6 Å². The van der Waals surface area contributed by atoms with Crippen LogP contribution in [0.4, 0.5) is 0 Å². The summed E-state index contributed by atoms with van der Waals surface area (Å²) in [7, 11) is 0. The molecule has 2 aliphatic carbocycles. The molecule has 20 heavy (non-hydrogen) atoms. The van der Waals surface area contributed by atoms with Gasteiger partial charge in [0.2, 0.25) is 0 Å². The van der Waals surface area contributed by atoms with E-state index in [1.807, 2.05) is 11.8 Å². The highest BCUT2D eigenvalue weighted by Gasteiger charge is 2.31. The number of imidazole rings is 1. The molecule has 0 spiro atoms. The van der Waals surface area contributed by atoms with Crippen molar-refractivity contribution in [2.75, 3.05) is 6.26 Å². The minimum absolute atomic E-state index is 0.698. The maximum atomic E-state index is 4.85. The largest absolute Gasteiger partial charge is 0.308 e. The van der Waals surface area contributed by atoms with Crippen LogP contribution in [0.25, 0.3) is 4.96 Å². The average molecular weight is 307 g/mol. The van der Waals surface area contributed by atoms with E-state index < -0.39 is 0 Å². The van der Waals surface area contributed by atoms with Crippen LogP contribution in [0, 0.1) is 0 Å². The molecule has 0 radical (unpaired) electrons. The average Bonchev–Trinajstić information content (AvgIpc) is 2.89. The zero-order chi connectivity index (χ0) is 13.5. The monoisotopic (exact) mass is 307 g/mol. The third-order valence-corrected chi connectivity index (χ3v) is 6.48. The highest BCUT2D eigenvalue weighted by atomic mass is 32.2. The van der Waals surface area contributed by atoms with Gasteiger partial charge in [-0.25, -0.2) is 4.98 Å². The third-order valence-electron chi connectivity index (χ3n) is 4.63. The summed E-state index contributed by atoms with van der Waals surface area (Å²) in [5, 5.41) is 6.79. The van der Waals surface area contributed by atoms with Crippen molar-refractivity contribution < 1.29 is 0 Å². The van der Waals surface area contributed by atoms with Crippen LogP contribution in [-0.2, 0) is 6.54 Å². The molecular weight excluding hydrogens is 286 g/mol. The summed E-state index contributed by atoms with van der Waals surface area (Å²) < 4.78 is 2.30. The Morgan fingerprint density at radius 2 is 2.30 bits per heavy atom. The SMILES string of the molecule is CS[C@H]1CC[C@H](NCc2c(C3CC3)nc3sccn23)C1. The zero-order valence-corrected chi connectivity index (χ0v) is 13.5. The molecule has 2 saturated carbocycles. The number of thiazole rings is 1. The van der Waals surface area contributed by atoms with Crippen LogP contribution in [0.15, 0.2) is 11.6 Å². The molecule has 2 atom stereocenters. The smallest absolute Gasteiger partial charge is 0.194 e. The van der Waals surface area contributed by atoms with E-state index in [9.17, 15) is 0 Å². The van der Waals surface area contributed by atoms with E-state index in [-0.39, 0.29) is 0 Å². The number of fused-ring (bicyclic) bond motifs is 1. The van der Waals surface area contributed by atoms with Crippen LogP contribution in [0.3, 0.4) is 0 Å². The summed E-state index contributed by atoms with van der Waals surface area (Å²) in [6, 6.07) is 0.698. The summed E-state index contributed by atoms with van der Waals surface area (Å²) in [4.78, 5) is 6.01. The first kappa shape index (κ1) is 13.2. The van der Waals surface area contributed by atoms with Gasteiger partial charge in [-0.2, -0.15) is 11.8 Å². The molecule has 2 heterocycles. The molecular formula is C15H21N3S2. The van der Waals surface area contributed by atoms with Crippen molar-refractivity contribution in [2.24, 2.45) is 0 Å².